The fraction of sp³-hybridized carbons (Fsp3) is 0.767. The van der Waals surface area contributed by atoms with Crippen molar-refractivity contribution < 1.29 is 28.6 Å². The Labute approximate surface area is 490 Å². The standard InChI is InChI=1S/C73H128O6/c1-4-7-10-13-16-19-22-24-26-28-30-31-32-33-34-35-36-37-38-39-40-41-43-44-46-48-51-54-57-60-63-66-72(75)78-69-70(68-77-71(74)65-62-59-56-53-50-21-18-15-12-9-6-3)79-73(76)67-64-61-58-55-52-49-47-45-42-29-27-25-23-20-17-14-11-8-5-2/h7,10,16-17,19-20,24-27,30-31,33-34,70H,4-6,8-9,11-15,18,21-23,28-29,32,35-69H2,1-3H3/b10-7-,19-16-,20-17-,26-24-,27-25-,31-30-,34-33-. The van der Waals surface area contributed by atoms with E-state index in [-0.39, 0.29) is 31.1 Å². The van der Waals surface area contributed by atoms with Crippen LogP contribution in [0.2, 0.25) is 0 Å². The second kappa shape index (κ2) is 67.1. The minimum absolute atomic E-state index is 0.0732. The number of unbranched alkanes of at least 4 members (excludes halogenated alkanes) is 37. The third-order valence-electron chi connectivity index (χ3n) is 14.9. The van der Waals surface area contributed by atoms with E-state index in [4.69, 9.17) is 14.2 Å². The van der Waals surface area contributed by atoms with Crippen molar-refractivity contribution in [1.29, 1.82) is 0 Å². The quantitative estimate of drug-likeness (QED) is 0.0261. The first-order valence-corrected chi connectivity index (χ1v) is 34.1. The zero-order chi connectivity index (χ0) is 57.1. The summed E-state index contributed by atoms with van der Waals surface area (Å²) < 4.78 is 16.9. The summed E-state index contributed by atoms with van der Waals surface area (Å²) in [5.74, 6) is -0.861. The number of carbonyl (C=O) groups excluding carboxylic acids is 3. The lowest BCUT2D eigenvalue weighted by Crippen LogP contribution is -2.30. The lowest BCUT2D eigenvalue weighted by Gasteiger charge is -2.18. The summed E-state index contributed by atoms with van der Waals surface area (Å²) in [5.41, 5.74) is 0. The molecule has 456 valence electrons. The molecule has 0 fully saturated rings. The molecule has 0 saturated heterocycles. The average Bonchev–Trinajstić information content (AvgIpc) is 3.45. The second-order valence-corrected chi connectivity index (χ2v) is 22.7. The van der Waals surface area contributed by atoms with Gasteiger partial charge in [-0.1, -0.05) is 311 Å². The summed E-state index contributed by atoms with van der Waals surface area (Å²) >= 11 is 0. The minimum atomic E-state index is -0.776. The number of allylic oxidation sites excluding steroid dienone is 14. The van der Waals surface area contributed by atoms with Crippen molar-refractivity contribution >= 4 is 17.9 Å². The molecule has 0 N–H and O–H groups in total. The lowest BCUT2D eigenvalue weighted by atomic mass is 10.0. The van der Waals surface area contributed by atoms with Crippen molar-refractivity contribution in [3.63, 3.8) is 0 Å². The number of esters is 3. The zero-order valence-corrected chi connectivity index (χ0v) is 52.4. The Hall–Kier alpha value is -3.41. The van der Waals surface area contributed by atoms with Crippen LogP contribution in [0.15, 0.2) is 85.1 Å². The first-order valence-electron chi connectivity index (χ1n) is 34.1. The predicted octanol–water partition coefficient (Wildman–Crippen LogP) is 23.4. The van der Waals surface area contributed by atoms with Gasteiger partial charge in [-0.05, 0) is 96.3 Å². The molecule has 1 atom stereocenters. The fourth-order valence-electron chi connectivity index (χ4n) is 9.80. The molecule has 0 aromatic carbocycles. The van der Waals surface area contributed by atoms with Crippen molar-refractivity contribution in [2.24, 2.45) is 0 Å². The average molecular weight is 1100 g/mol. The highest BCUT2D eigenvalue weighted by Crippen LogP contribution is 2.17. The van der Waals surface area contributed by atoms with E-state index >= 15 is 0 Å². The molecule has 0 radical (unpaired) electrons. The van der Waals surface area contributed by atoms with Gasteiger partial charge in [0.25, 0.3) is 0 Å². The van der Waals surface area contributed by atoms with Crippen LogP contribution < -0.4 is 0 Å². The van der Waals surface area contributed by atoms with Gasteiger partial charge in [-0.3, -0.25) is 14.4 Å². The summed E-state index contributed by atoms with van der Waals surface area (Å²) in [5, 5.41) is 0. The van der Waals surface area contributed by atoms with Crippen LogP contribution in [0.1, 0.15) is 342 Å². The van der Waals surface area contributed by atoms with Gasteiger partial charge in [-0.2, -0.15) is 0 Å². The van der Waals surface area contributed by atoms with Gasteiger partial charge in [0.05, 0.1) is 0 Å². The summed E-state index contributed by atoms with van der Waals surface area (Å²) in [6.07, 6.45) is 88.9. The Balaban J connectivity index is 4.18. The van der Waals surface area contributed by atoms with Crippen LogP contribution >= 0.6 is 0 Å². The normalized spacial score (nSPS) is 12.6. The summed E-state index contributed by atoms with van der Waals surface area (Å²) in [6.45, 7) is 6.53. The monoisotopic (exact) mass is 1100 g/mol. The molecule has 6 nitrogen and oxygen atoms in total. The lowest BCUT2D eigenvalue weighted by molar-refractivity contribution is -0.167. The number of ether oxygens (including phenoxy) is 3. The van der Waals surface area contributed by atoms with Crippen LogP contribution in [-0.2, 0) is 28.6 Å². The van der Waals surface area contributed by atoms with E-state index in [1.54, 1.807) is 0 Å². The maximum atomic E-state index is 12.9. The summed E-state index contributed by atoms with van der Waals surface area (Å²) in [6, 6.07) is 0. The highest BCUT2D eigenvalue weighted by molar-refractivity contribution is 5.71. The molecular weight excluding hydrogens is 973 g/mol. The van der Waals surface area contributed by atoms with Gasteiger partial charge < -0.3 is 14.2 Å². The molecule has 0 aliphatic rings. The number of rotatable bonds is 62. The molecular formula is C73H128O6. The van der Waals surface area contributed by atoms with E-state index in [0.29, 0.717) is 19.3 Å². The maximum Gasteiger partial charge on any atom is 0.306 e. The predicted molar refractivity (Wildman–Crippen MR) is 344 cm³/mol. The van der Waals surface area contributed by atoms with Crippen LogP contribution in [0.4, 0.5) is 0 Å². The van der Waals surface area contributed by atoms with Crippen LogP contribution in [0.5, 0.6) is 0 Å². The highest BCUT2D eigenvalue weighted by Gasteiger charge is 2.19. The van der Waals surface area contributed by atoms with E-state index in [1.165, 1.54) is 205 Å². The Bertz CT molecular complexity index is 1500. The highest BCUT2D eigenvalue weighted by atomic mass is 16.6. The third-order valence-corrected chi connectivity index (χ3v) is 14.9. The summed E-state index contributed by atoms with van der Waals surface area (Å²) in [7, 11) is 0. The molecule has 0 bridgehead atoms. The molecule has 0 saturated carbocycles. The van der Waals surface area contributed by atoms with Crippen LogP contribution in [0, 0.1) is 0 Å². The zero-order valence-electron chi connectivity index (χ0n) is 52.4. The molecule has 0 aliphatic carbocycles. The van der Waals surface area contributed by atoms with Crippen molar-refractivity contribution in [1.82, 2.24) is 0 Å². The summed E-state index contributed by atoms with van der Waals surface area (Å²) in [4.78, 5) is 38.3. The van der Waals surface area contributed by atoms with E-state index in [2.05, 4.69) is 106 Å². The Kier molecular flexibility index (Phi) is 64.2. The molecule has 0 aromatic rings. The van der Waals surface area contributed by atoms with Crippen molar-refractivity contribution in [2.45, 2.75) is 348 Å². The molecule has 0 amide bonds. The van der Waals surface area contributed by atoms with E-state index in [1.807, 2.05) is 0 Å². The van der Waals surface area contributed by atoms with E-state index in [9.17, 15) is 14.4 Å². The van der Waals surface area contributed by atoms with Gasteiger partial charge in [0, 0.05) is 19.3 Å². The number of hydrogen-bond donors (Lipinski definition) is 0. The second-order valence-electron chi connectivity index (χ2n) is 22.7. The molecule has 6 heteroatoms. The van der Waals surface area contributed by atoms with Gasteiger partial charge >= 0.3 is 17.9 Å². The van der Waals surface area contributed by atoms with Crippen molar-refractivity contribution in [3.05, 3.63) is 85.1 Å². The first kappa shape index (κ1) is 75.6. The number of hydrogen-bond acceptors (Lipinski definition) is 6. The Morgan fingerprint density at radius 1 is 0.266 bits per heavy atom. The van der Waals surface area contributed by atoms with Gasteiger partial charge in [-0.25, -0.2) is 0 Å². The van der Waals surface area contributed by atoms with Crippen molar-refractivity contribution in [2.75, 3.05) is 13.2 Å². The van der Waals surface area contributed by atoms with Crippen molar-refractivity contribution in [3.8, 4) is 0 Å². The molecule has 1 unspecified atom stereocenters. The Morgan fingerprint density at radius 2 is 0.494 bits per heavy atom. The van der Waals surface area contributed by atoms with Gasteiger partial charge in [-0.15, -0.1) is 0 Å². The van der Waals surface area contributed by atoms with E-state index in [0.717, 1.165) is 96.3 Å². The van der Waals surface area contributed by atoms with Gasteiger partial charge in [0.2, 0.25) is 0 Å². The Morgan fingerprint density at radius 3 is 0.797 bits per heavy atom. The molecule has 0 aliphatic heterocycles. The van der Waals surface area contributed by atoms with Gasteiger partial charge in [0.15, 0.2) is 6.10 Å². The van der Waals surface area contributed by atoms with Gasteiger partial charge in [0.1, 0.15) is 13.2 Å². The first-order chi connectivity index (χ1) is 39.0. The molecule has 0 heterocycles. The smallest absolute Gasteiger partial charge is 0.306 e. The maximum absolute atomic E-state index is 12.9. The molecule has 0 spiro atoms. The van der Waals surface area contributed by atoms with E-state index < -0.39 is 6.10 Å². The van der Waals surface area contributed by atoms with Crippen LogP contribution in [0.25, 0.3) is 0 Å². The van der Waals surface area contributed by atoms with Crippen LogP contribution in [0.3, 0.4) is 0 Å². The number of carbonyl (C=O) groups is 3. The molecule has 79 heavy (non-hydrogen) atoms. The third kappa shape index (κ3) is 65.3. The van der Waals surface area contributed by atoms with Crippen LogP contribution in [-0.4, -0.2) is 37.2 Å². The topological polar surface area (TPSA) is 78.9 Å². The minimum Gasteiger partial charge on any atom is -0.462 e. The SMILES string of the molecule is CC/C=C\C/C=C\C/C=C\C/C=C\C/C=C\CCCCCCCCCCCCCCCCCC(=O)OCC(COC(=O)CCCCCCCCCCCCC)OC(=O)CCCCCCCCCCC/C=C\C/C=C\CCCCC. The fourth-order valence-corrected chi connectivity index (χ4v) is 9.80. The largest absolute Gasteiger partial charge is 0.462 e. The molecule has 0 aromatic heterocycles. The molecule has 0 rings (SSSR count).